The smallest absolute Gasteiger partial charge is 0.287 e. The zero-order valence-corrected chi connectivity index (χ0v) is 21.3. The van der Waals surface area contributed by atoms with Gasteiger partial charge in [0, 0.05) is 12.8 Å². The van der Waals surface area contributed by atoms with Crippen molar-refractivity contribution < 1.29 is 40.9 Å². The van der Waals surface area contributed by atoms with E-state index < -0.39 is 45.1 Å². The van der Waals surface area contributed by atoms with Crippen molar-refractivity contribution in [3.8, 4) is 11.5 Å². The average molecular weight is 554 g/mol. The van der Waals surface area contributed by atoms with E-state index in [9.17, 15) is 26.8 Å². The Labute approximate surface area is 216 Å². The van der Waals surface area contributed by atoms with Crippen LogP contribution in [-0.2, 0) is 25.9 Å². The van der Waals surface area contributed by atoms with Gasteiger partial charge in [0.15, 0.2) is 29.0 Å². The Morgan fingerprint density at radius 3 is 2.55 bits per heavy atom. The average Bonchev–Trinajstić information content (AvgIpc) is 2.87. The highest BCUT2D eigenvalue weighted by Crippen LogP contribution is 2.26. The number of carbonyl (C=O) groups is 1. The monoisotopic (exact) mass is 553 g/mol. The number of benzene rings is 2. The van der Waals surface area contributed by atoms with Crippen molar-refractivity contribution in [2.75, 3.05) is 38.9 Å². The molecular formula is C24H25F2N3O8S. The maximum Gasteiger partial charge on any atom is 0.287 e. The molecule has 3 aromatic rings. The van der Waals surface area contributed by atoms with Crippen LogP contribution in [-0.4, -0.2) is 75.4 Å². The number of nitrogens with zero attached hydrogens (tertiary/aromatic N) is 1. The van der Waals surface area contributed by atoms with Crippen LogP contribution in [0.2, 0.25) is 0 Å². The molecule has 0 aliphatic carbocycles. The van der Waals surface area contributed by atoms with Gasteiger partial charge < -0.3 is 29.2 Å². The van der Waals surface area contributed by atoms with E-state index in [1.807, 2.05) is 0 Å². The third-order valence-corrected chi connectivity index (χ3v) is 6.58. The largest absolute Gasteiger partial charge is 0.494 e. The van der Waals surface area contributed by atoms with Crippen LogP contribution in [0.4, 0.5) is 8.78 Å². The summed E-state index contributed by atoms with van der Waals surface area (Å²) in [6, 6.07) is 6.38. The number of fused-ring (bicyclic) bond motifs is 1. The molecule has 0 saturated carbocycles. The Morgan fingerprint density at radius 2 is 1.87 bits per heavy atom. The number of aromatic amines is 1. The first kappa shape index (κ1) is 27.4. The molecule has 4 rings (SSSR count). The van der Waals surface area contributed by atoms with Crippen molar-refractivity contribution in [3.05, 3.63) is 63.7 Å². The van der Waals surface area contributed by atoms with E-state index in [2.05, 4.69) is 15.3 Å². The molecule has 1 aliphatic heterocycles. The molecule has 0 spiro atoms. The number of methoxy groups -OCH3 is 1. The summed E-state index contributed by atoms with van der Waals surface area (Å²) in [7, 11) is -1.92. The van der Waals surface area contributed by atoms with Gasteiger partial charge in [-0.1, -0.05) is 6.07 Å². The lowest BCUT2D eigenvalue weighted by molar-refractivity contribution is -0.134. The minimum Gasteiger partial charge on any atom is -0.494 e. The third kappa shape index (κ3) is 6.62. The highest BCUT2D eigenvalue weighted by Gasteiger charge is 2.26. The van der Waals surface area contributed by atoms with Gasteiger partial charge in [-0.3, -0.25) is 9.59 Å². The van der Waals surface area contributed by atoms with E-state index in [-0.39, 0.29) is 60.3 Å². The Morgan fingerprint density at radius 1 is 1.16 bits per heavy atom. The number of amides is 1. The standard InChI is InChI=1S/C24H25F2N3O8S/c1-34-19-7-13(3-4-16(19)25)8-27-24(31)22-28-18-6-5-17(26)21(20(18)23(30)29-22)37-10-14-9-36-15(11-35-14)12-38(2,32)33/h3-7,14-15H,8-12H2,1-2H3,(H,27,31)(H,28,29,30). The molecule has 2 N–H and O–H groups in total. The van der Waals surface area contributed by atoms with Gasteiger partial charge in [0.05, 0.1) is 37.7 Å². The minimum absolute atomic E-state index is 0.00347. The first-order valence-corrected chi connectivity index (χ1v) is 13.5. The Bertz CT molecular complexity index is 1500. The van der Waals surface area contributed by atoms with Crippen LogP contribution >= 0.6 is 0 Å². The summed E-state index contributed by atoms with van der Waals surface area (Å²) < 4.78 is 72.5. The fraction of sp³-hybridized carbons (Fsp3) is 0.375. The van der Waals surface area contributed by atoms with Crippen LogP contribution in [0, 0.1) is 11.6 Å². The number of sulfone groups is 1. The summed E-state index contributed by atoms with van der Waals surface area (Å²) in [5.41, 5.74) is -0.228. The van der Waals surface area contributed by atoms with Crippen LogP contribution in [0.15, 0.2) is 35.1 Å². The molecule has 1 amide bonds. The van der Waals surface area contributed by atoms with Gasteiger partial charge in [0.1, 0.15) is 27.9 Å². The molecule has 2 aromatic carbocycles. The molecule has 11 nitrogen and oxygen atoms in total. The normalized spacial score (nSPS) is 17.8. The van der Waals surface area contributed by atoms with Gasteiger partial charge in [-0.25, -0.2) is 22.2 Å². The Kier molecular flexibility index (Phi) is 8.23. The summed E-state index contributed by atoms with van der Waals surface area (Å²) >= 11 is 0. The second kappa shape index (κ2) is 11.4. The number of nitrogens with one attached hydrogen (secondary N) is 2. The lowest BCUT2D eigenvalue weighted by Gasteiger charge is -2.29. The lowest BCUT2D eigenvalue weighted by Crippen LogP contribution is -2.41. The molecule has 2 unspecified atom stereocenters. The third-order valence-electron chi connectivity index (χ3n) is 5.60. The number of halogens is 2. The molecule has 1 aliphatic rings. The van der Waals surface area contributed by atoms with Gasteiger partial charge >= 0.3 is 0 Å². The van der Waals surface area contributed by atoms with Gasteiger partial charge in [0.2, 0.25) is 0 Å². The van der Waals surface area contributed by atoms with Crippen LogP contribution < -0.4 is 20.3 Å². The van der Waals surface area contributed by atoms with Crippen LogP contribution in [0.1, 0.15) is 16.2 Å². The Balaban J connectivity index is 1.44. The van der Waals surface area contributed by atoms with Crippen LogP contribution in [0.3, 0.4) is 0 Å². The predicted molar refractivity (Wildman–Crippen MR) is 131 cm³/mol. The van der Waals surface area contributed by atoms with Crippen molar-refractivity contribution in [1.29, 1.82) is 0 Å². The van der Waals surface area contributed by atoms with E-state index >= 15 is 0 Å². The SMILES string of the molecule is COc1cc(CNC(=O)c2nc3ccc(F)c(OCC4COC(CS(C)(=O)=O)CO4)c3c(=O)[nH]2)ccc1F. The topological polar surface area (TPSA) is 146 Å². The predicted octanol–water partition coefficient (Wildman–Crippen LogP) is 1.35. The van der Waals surface area contributed by atoms with E-state index in [1.165, 1.54) is 31.4 Å². The maximum absolute atomic E-state index is 14.6. The number of hydrogen-bond donors (Lipinski definition) is 2. The molecule has 2 heterocycles. The zero-order chi connectivity index (χ0) is 27.4. The van der Waals surface area contributed by atoms with E-state index in [0.717, 1.165) is 12.3 Å². The number of aromatic nitrogens is 2. The van der Waals surface area contributed by atoms with Crippen LogP contribution in [0.25, 0.3) is 10.9 Å². The number of carbonyl (C=O) groups excluding carboxylic acids is 1. The fourth-order valence-corrected chi connectivity index (χ4v) is 4.66. The summed E-state index contributed by atoms with van der Waals surface area (Å²) in [5, 5.41) is 2.37. The summed E-state index contributed by atoms with van der Waals surface area (Å²) in [6.45, 7) is -0.135. The molecule has 1 fully saturated rings. The second-order valence-corrected chi connectivity index (χ2v) is 10.8. The number of ether oxygens (including phenoxy) is 4. The van der Waals surface area contributed by atoms with Crippen LogP contribution in [0.5, 0.6) is 11.5 Å². The van der Waals surface area contributed by atoms with E-state index in [4.69, 9.17) is 18.9 Å². The molecule has 0 radical (unpaired) electrons. The molecule has 38 heavy (non-hydrogen) atoms. The second-order valence-electron chi connectivity index (χ2n) is 8.65. The van der Waals surface area contributed by atoms with Gasteiger partial charge in [-0.05, 0) is 29.8 Å². The van der Waals surface area contributed by atoms with Gasteiger partial charge in [0.25, 0.3) is 11.5 Å². The first-order valence-electron chi connectivity index (χ1n) is 11.4. The molecule has 14 heteroatoms. The zero-order valence-electron chi connectivity index (χ0n) is 20.5. The van der Waals surface area contributed by atoms with Crippen molar-refractivity contribution in [1.82, 2.24) is 15.3 Å². The van der Waals surface area contributed by atoms with Gasteiger partial charge in [-0.15, -0.1) is 0 Å². The molecular weight excluding hydrogens is 528 g/mol. The molecule has 1 saturated heterocycles. The van der Waals surface area contributed by atoms with Crippen molar-refractivity contribution in [3.63, 3.8) is 0 Å². The quantitative estimate of drug-likeness (QED) is 0.401. The fourth-order valence-electron chi connectivity index (χ4n) is 3.80. The van der Waals surface area contributed by atoms with Gasteiger partial charge in [-0.2, -0.15) is 0 Å². The van der Waals surface area contributed by atoms with E-state index in [1.54, 1.807) is 0 Å². The summed E-state index contributed by atoms with van der Waals surface area (Å²) in [6.07, 6.45) is -0.141. The Hall–Kier alpha value is -3.62. The minimum atomic E-state index is -3.24. The first-order chi connectivity index (χ1) is 18.0. The van der Waals surface area contributed by atoms with Crippen molar-refractivity contribution >= 4 is 26.6 Å². The highest BCUT2D eigenvalue weighted by atomic mass is 32.2. The number of rotatable bonds is 9. The molecule has 204 valence electrons. The van der Waals surface area contributed by atoms with Crippen molar-refractivity contribution in [2.24, 2.45) is 0 Å². The summed E-state index contributed by atoms with van der Waals surface area (Å²) in [5.74, 6) is -2.93. The molecule has 0 bridgehead atoms. The summed E-state index contributed by atoms with van der Waals surface area (Å²) in [4.78, 5) is 31.9. The number of H-pyrrole nitrogens is 1. The molecule has 1 aromatic heterocycles. The lowest BCUT2D eigenvalue weighted by atomic mass is 10.2. The molecule has 2 atom stereocenters. The van der Waals surface area contributed by atoms with E-state index in [0.29, 0.717) is 5.56 Å². The highest BCUT2D eigenvalue weighted by molar-refractivity contribution is 7.90. The number of hydrogen-bond acceptors (Lipinski definition) is 9. The van der Waals surface area contributed by atoms with Crippen molar-refractivity contribution in [2.45, 2.75) is 18.8 Å². The maximum atomic E-state index is 14.6.